The first kappa shape index (κ1) is 27.4. The maximum absolute atomic E-state index is 13.8. The van der Waals surface area contributed by atoms with Crippen LogP contribution in [0.4, 0.5) is 18.9 Å². The van der Waals surface area contributed by atoms with Gasteiger partial charge in [-0.3, -0.25) is 14.5 Å². The Morgan fingerprint density at radius 1 is 1.09 bits per heavy atom. The van der Waals surface area contributed by atoms with E-state index in [2.05, 4.69) is 20.2 Å². The van der Waals surface area contributed by atoms with Gasteiger partial charge in [0.25, 0.3) is 5.91 Å². The van der Waals surface area contributed by atoms with Crippen molar-refractivity contribution >= 4 is 34.4 Å². The third-order valence-electron chi connectivity index (χ3n) is 9.99. The first-order valence-electron chi connectivity index (χ1n) is 14.3. The topological polar surface area (TPSA) is 105 Å². The lowest BCUT2D eigenvalue weighted by molar-refractivity contribution is -0.367. The largest absolute Gasteiger partial charge is 0.383 e. The summed E-state index contributed by atoms with van der Waals surface area (Å²) >= 11 is 1.37. The molecule has 3 aliphatic carbocycles. The highest BCUT2D eigenvalue weighted by Crippen LogP contribution is 2.81. The molecular weight excluding hydrogens is 591 g/mol. The van der Waals surface area contributed by atoms with Crippen LogP contribution in [0.2, 0.25) is 0 Å². The summed E-state index contributed by atoms with van der Waals surface area (Å²) in [5.74, 6) is -3.87. The van der Waals surface area contributed by atoms with Crippen molar-refractivity contribution in [2.24, 2.45) is 24.3 Å². The summed E-state index contributed by atoms with van der Waals surface area (Å²) in [6, 6.07) is 16.6. The Morgan fingerprint density at radius 2 is 1.86 bits per heavy atom. The minimum atomic E-state index is -1.60. The highest BCUT2D eigenvalue weighted by Gasteiger charge is 2.82. The van der Waals surface area contributed by atoms with E-state index in [4.69, 9.17) is 4.52 Å². The van der Waals surface area contributed by atoms with Crippen LogP contribution in [0.1, 0.15) is 35.4 Å². The lowest BCUT2D eigenvalue weighted by Gasteiger charge is -2.80. The first-order chi connectivity index (χ1) is 21.2. The molecule has 0 aliphatic heterocycles. The molecule has 44 heavy (non-hydrogen) atoms. The molecule has 5 aromatic rings. The zero-order chi connectivity index (χ0) is 30.4. The minimum Gasteiger partial charge on any atom is -0.383 e. The fourth-order valence-corrected chi connectivity index (χ4v) is 8.89. The van der Waals surface area contributed by atoms with Gasteiger partial charge in [-0.15, -0.1) is 0 Å². The van der Waals surface area contributed by atoms with E-state index in [1.54, 1.807) is 29.9 Å². The molecule has 3 fully saturated rings. The molecule has 8 rings (SSSR count). The lowest BCUT2D eigenvalue weighted by Crippen LogP contribution is -2.84. The second-order valence-electron chi connectivity index (χ2n) is 11.9. The number of nitrogens with one attached hydrogen (secondary N) is 2. The number of anilines is 1. The van der Waals surface area contributed by atoms with Crippen molar-refractivity contribution in [3.8, 4) is 11.3 Å². The molecule has 5 unspecified atom stereocenters. The molecule has 0 bridgehead atoms. The minimum absolute atomic E-state index is 0.144. The van der Waals surface area contributed by atoms with Gasteiger partial charge in [-0.05, 0) is 55.2 Å². The van der Waals surface area contributed by atoms with Crippen molar-refractivity contribution in [2.75, 3.05) is 5.32 Å². The van der Waals surface area contributed by atoms with Gasteiger partial charge in [0.2, 0.25) is 0 Å². The van der Waals surface area contributed by atoms with Crippen molar-refractivity contribution in [3.63, 3.8) is 0 Å². The van der Waals surface area contributed by atoms with Crippen LogP contribution in [-0.2, 0) is 12.6 Å². The monoisotopic (exact) mass is 617 g/mol. The molecule has 0 radical (unpaired) electrons. The number of amides is 1. The third-order valence-corrected chi connectivity index (χ3v) is 11.0. The Morgan fingerprint density at radius 3 is 2.57 bits per heavy atom. The number of benzene rings is 2. The Kier molecular flexibility index (Phi) is 6.04. The average Bonchev–Trinajstić information content (AvgIpc) is 3.60. The van der Waals surface area contributed by atoms with E-state index < -0.39 is 29.0 Å². The number of hydrogen-bond acceptors (Lipinski definition) is 7. The molecule has 8 nitrogen and oxygen atoms in total. The molecule has 3 aromatic heterocycles. The van der Waals surface area contributed by atoms with Gasteiger partial charge in [0.1, 0.15) is 27.5 Å². The summed E-state index contributed by atoms with van der Waals surface area (Å²) in [5.41, 5.74) is 0.845. The van der Waals surface area contributed by atoms with E-state index in [0.717, 1.165) is 30.5 Å². The van der Waals surface area contributed by atoms with Gasteiger partial charge in [-0.2, -0.15) is 0 Å². The van der Waals surface area contributed by atoms with E-state index in [9.17, 15) is 23.1 Å². The predicted octanol–water partition coefficient (Wildman–Crippen LogP) is 6.18. The van der Waals surface area contributed by atoms with Crippen LogP contribution in [0, 0.1) is 34.7 Å². The summed E-state index contributed by atoms with van der Waals surface area (Å²) in [7, 11) is 1.72. The highest BCUT2D eigenvalue weighted by atomic mass is 32.2. The van der Waals surface area contributed by atoms with Crippen LogP contribution in [0.25, 0.3) is 22.2 Å². The van der Waals surface area contributed by atoms with E-state index in [-0.39, 0.29) is 34.7 Å². The summed E-state index contributed by atoms with van der Waals surface area (Å²) in [6.07, 6.45) is 4.09. The molecule has 5 atom stereocenters. The molecule has 3 N–H and O–H groups in total. The number of aromatic nitrogens is 3. The Bertz CT molecular complexity index is 1930. The van der Waals surface area contributed by atoms with Gasteiger partial charge in [0, 0.05) is 59.5 Å². The van der Waals surface area contributed by atoms with Crippen LogP contribution in [0.15, 0.2) is 76.4 Å². The molecule has 3 heterocycles. The van der Waals surface area contributed by atoms with Crippen LogP contribution < -0.4 is 10.0 Å². The first-order valence-corrected chi connectivity index (χ1v) is 15.1. The van der Waals surface area contributed by atoms with Crippen LogP contribution in [-0.4, -0.2) is 31.8 Å². The predicted molar refractivity (Wildman–Crippen MR) is 157 cm³/mol. The normalized spacial score (nSPS) is 26.7. The van der Waals surface area contributed by atoms with Crippen molar-refractivity contribution in [3.05, 3.63) is 95.7 Å². The lowest BCUT2D eigenvalue weighted by atomic mass is 9.26. The summed E-state index contributed by atoms with van der Waals surface area (Å²) in [5, 5.41) is 19.9. The summed E-state index contributed by atoms with van der Waals surface area (Å²) in [4.78, 5) is 17.8. The Hall–Kier alpha value is -4.13. The fourth-order valence-electron chi connectivity index (χ4n) is 7.83. The maximum Gasteiger partial charge on any atom is 0.273 e. The molecule has 12 heteroatoms. The van der Waals surface area contributed by atoms with Gasteiger partial charge in [0.15, 0.2) is 23.2 Å². The number of fused-ring (bicyclic) bond motifs is 1. The van der Waals surface area contributed by atoms with Crippen LogP contribution in [0.5, 0.6) is 0 Å². The average molecular weight is 618 g/mol. The van der Waals surface area contributed by atoms with Crippen LogP contribution in [0.3, 0.4) is 0 Å². The molecule has 2 aromatic carbocycles. The molecule has 3 aliphatic rings. The van der Waals surface area contributed by atoms with Gasteiger partial charge >= 0.3 is 0 Å². The standard InChI is InChI=1S/C32H26F3N5O3S/c1-40-28(29(41)37-17-12-21(33)25(35)22(34)13-17)18-8-5-11-36-26(18)30(40)44-39-27-19-9-10-31(19)20(27)15-32(31,42)24-14-23(43-38-24)16-6-3-2-4-7-16/h2-8,11-14,19-20,27,39,42H,9-10,15H2,1H3,(H,37,41). The molecule has 224 valence electrons. The van der Waals surface area contributed by atoms with E-state index >= 15 is 0 Å². The van der Waals surface area contributed by atoms with Gasteiger partial charge in [-0.25, -0.2) is 13.2 Å². The molecular formula is C32H26F3N5O3S. The van der Waals surface area contributed by atoms with E-state index in [1.807, 2.05) is 36.4 Å². The SMILES string of the molecule is Cn1c(C(=O)Nc2cc(F)c(F)c(F)c2)c2cccnc2c1SNC1C2CCC23C1CC3(O)c1cc(-c2ccccc2)on1. The Balaban J connectivity index is 1.01. The third kappa shape index (κ3) is 3.64. The second kappa shape index (κ2) is 9.68. The number of carbonyl (C=O) groups is 1. The zero-order valence-corrected chi connectivity index (χ0v) is 24.2. The van der Waals surface area contributed by atoms with Gasteiger partial charge in [-0.1, -0.05) is 35.5 Å². The number of aliphatic hydroxyl groups is 1. The van der Waals surface area contributed by atoms with Crippen molar-refractivity contribution in [1.29, 1.82) is 0 Å². The number of hydrogen-bond donors (Lipinski definition) is 3. The quantitative estimate of drug-likeness (QED) is 0.148. The number of rotatable bonds is 7. The Labute approximate surface area is 253 Å². The highest BCUT2D eigenvalue weighted by molar-refractivity contribution is 7.97. The number of carbonyl (C=O) groups excluding carboxylic acids is 1. The molecule has 1 amide bonds. The zero-order valence-electron chi connectivity index (χ0n) is 23.4. The van der Waals surface area contributed by atoms with E-state index in [1.165, 1.54) is 11.9 Å². The number of nitrogens with zero attached hydrogens (tertiary/aromatic N) is 3. The summed E-state index contributed by atoms with van der Waals surface area (Å²) < 4.78 is 51.9. The van der Waals surface area contributed by atoms with Crippen molar-refractivity contribution in [1.82, 2.24) is 19.4 Å². The van der Waals surface area contributed by atoms with Gasteiger partial charge < -0.3 is 19.5 Å². The van der Waals surface area contributed by atoms with Gasteiger partial charge in [0.05, 0.1) is 0 Å². The summed E-state index contributed by atoms with van der Waals surface area (Å²) in [6.45, 7) is 0. The van der Waals surface area contributed by atoms with E-state index in [0.29, 0.717) is 33.8 Å². The maximum atomic E-state index is 13.8. The fraction of sp³-hybridized carbons (Fsp3) is 0.281. The number of halogens is 3. The smallest absolute Gasteiger partial charge is 0.273 e. The molecule has 1 spiro atoms. The van der Waals surface area contributed by atoms with Crippen molar-refractivity contribution in [2.45, 2.75) is 35.9 Å². The van der Waals surface area contributed by atoms with Crippen molar-refractivity contribution < 1.29 is 27.6 Å². The molecule has 3 saturated carbocycles. The van der Waals surface area contributed by atoms with Crippen LogP contribution >= 0.6 is 11.9 Å². The number of pyridine rings is 1. The molecule has 0 saturated heterocycles. The second-order valence-corrected chi connectivity index (χ2v) is 12.7.